The summed E-state index contributed by atoms with van der Waals surface area (Å²) in [5, 5.41) is 2.52. The number of imidazole rings is 1. The van der Waals surface area contributed by atoms with Crippen molar-refractivity contribution in [3.63, 3.8) is 0 Å². The number of amides is 1. The Balaban J connectivity index is 1.20. The molecule has 1 fully saturated rings. The number of anilines is 1. The molecule has 5 rings (SSSR count). The van der Waals surface area contributed by atoms with Crippen LogP contribution in [0.25, 0.3) is 16.9 Å². The minimum absolute atomic E-state index is 0.0796. The maximum absolute atomic E-state index is 13.8. The number of nitrogens with zero attached hydrogens (tertiary/aromatic N) is 4. The van der Waals surface area contributed by atoms with Gasteiger partial charge in [-0.25, -0.2) is 4.98 Å². The molecule has 0 atom stereocenters. The lowest BCUT2D eigenvalue weighted by molar-refractivity contribution is -0.138. The predicted molar refractivity (Wildman–Crippen MR) is 139 cm³/mol. The van der Waals surface area contributed by atoms with Crippen molar-refractivity contribution in [2.75, 3.05) is 45.2 Å². The molecule has 1 saturated heterocycles. The monoisotopic (exact) mass is 523 g/mol. The van der Waals surface area contributed by atoms with E-state index in [1.165, 1.54) is 12.1 Å². The molecule has 0 spiro atoms. The van der Waals surface area contributed by atoms with E-state index in [1.807, 2.05) is 52.9 Å². The van der Waals surface area contributed by atoms with Crippen LogP contribution in [0.15, 0.2) is 73.1 Å². The largest absolute Gasteiger partial charge is 0.484 e. The van der Waals surface area contributed by atoms with Crippen molar-refractivity contribution >= 4 is 17.2 Å². The van der Waals surface area contributed by atoms with E-state index < -0.39 is 17.6 Å². The van der Waals surface area contributed by atoms with E-state index in [2.05, 4.69) is 15.2 Å². The number of hydrogen-bond acceptors (Lipinski definition) is 5. The second-order valence-electron chi connectivity index (χ2n) is 9.38. The SMILES string of the molecule is CN1CCN(Cc2ccc(NC(=O)COc3ccc(-c4cnc5ccccn45)cc3)cc2C(F)(F)F)CC1. The average molecular weight is 524 g/mol. The van der Waals surface area contributed by atoms with Crippen molar-refractivity contribution in [3.8, 4) is 17.0 Å². The van der Waals surface area contributed by atoms with Crippen molar-refractivity contribution in [1.82, 2.24) is 19.2 Å². The Kier molecular flexibility index (Phi) is 7.35. The first kappa shape index (κ1) is 25.7. The molecule has 0 unspecified atom stereocenters. The molecule has 10 heteroatoms. The number of alkyl halides is 3. The van der Waals surface area contributed by atoms with Crippen LogP contribution in [0.1, 0.15) is 11.1 Å². The maximum Gasteiger partial charge on any atom is 0.416 e. The van der Waals surface area contributed by atoms with Gasteiger partial charge in [0.05, 0.1) is 17.5 Å². The van der Waals surface area contributed by atoms with Crippen molar-refractivity contribution in [2.24, 2.45) is 0 Å². The number of nitrogens with one attached hydrogen (secondary N) is 1. The predicted octanol–water partition coefficient (Wildman–Crippen LogP) is 4.79. The molecule has 0 bridgehead atoms. The number of likely N-dealkylation sites (N-methyl/N-ethyl adjacent to an activating group) is 1. The molecule has 2 aromatic heterocycles. The van der Waals surface area contributed by atoms with E-state index >= 15 is 0 Å². The molecular weight excluding hydrogens is 495 g/mol. The number of carbonyl (C=O) groups is 1. The van der Waals surface area contributed by atoms with E-state index in [1.54, 1.807) is 18.3 Å². The van der Waals surface area contributed by atoms with Crippen LogP contribution in [0, 0.1) is 0 Å². The molecule has 7 nitrogen and oxygen atoms in total. The molecule has 3 heterocycles. The Morgan fingerprint density at radius 1 is 1.03 bits per heavy atom. The zero-order valence-electron chi connectivity index (χ0n) is 20.9. The first-order chi connectivity index (χ1) is 18.3. The van der Waals surface area contributed by atoms with Gasteiger partial charge in [-0.3, -0.25) is 14.1 Å². The number of piperazine rings is 1. The third kappa shape index (κ3) is 5.98. The van der Waals surface area contributed by atoms with E-state index in [0.29, 0.717) is 18.8 Å². The smallest absolute Gasteiger partial charge is 0.416 e. The molecule has 0 aliphatic carbocycles. The standard InChI is InChI=1S/C28H28F3N5O2/c1-34-12-14-35(15-13-34)18-21-5-8-22(16-24(21)28(29,30)31)33-27(37)19-38-23-9-6-20(7-10-23)25-17-32-26-4-2-3-11-36(25)26/h2-11,16-17H,12-15,18-19H2,1H3,(H,33,37). The molecule has 0 saturated carbocycles. The van der Waals surface area contributed by atoms with Gasteiger partial charge in [-0.1, -0.05) is 12.1 Å². The maximum atomic E-state index is 13.8. The topological polar surface area (TPSA) is 62.1 Å². The van der Waals surface area contributed by atoms with E-state index in [0.717, 1.165) is 36.1 Å². The highest BCUT2D eigenvalue weighted by atomic mass is 19.4. The quantitative estimate of drug-likeness (QED) is 0.378. The fraction of sp³-hybridized carbons (Fsp3) is 0.286. The van der Waals surface area contributed by atoms with Crippen molar-refractivity contribution in [2.45, 2.75) is 12.7 Å². The number of fused-ring (bicyclic) bond motifs is 1. The number of hydrogen-bond donors (Lipinski definition) is 1. The van der Waals surface area contributed by atoms with Gasteiger partial charge in [-0.2, -0.15) is 13.2 Å². The van der Waals surface area contributed by atoms with Crippen LogP contribution in [0.2, 0.25) is 0 Å². The summed E-state index contributed by atoms with van der Waals surface area (Å²) >= 11 is 0. The third-order valence-corrected chi connectivity index (χ3v) is 6.63. The number of ether oxygens (including phenoxy) is 1. The summed E-state index contributed by atoms with van der Waals surface area (Å²) in [5.74, 6) is -0.0768. The second-order valence-corrected chi connectivity index (χ2v) is 9.38. The van der Waals surface area contributed by atoms with Gasteiger partial charge < -0.3 is 15.0 Å². The Morgan fingerprint density at radius 3 is 2.53 bits per heavy atom. The number of aromatic nitrogens is 2. The fourth-order valence-electron chi connectivity index (χ4n) is 4.52. The lowest BCUT2D eigenvalue weighted by Crippen LogP contribution is -2.44. The zero-order chi connectivity index (χ0) is 26.7. The summed E-state index contributed by atoms with van der Waals surface area (Å²) in [6, 6.07) is 16.9. The molecule has 4 aromatic rings. The molecule has 1 N–H and O–H groups in total. The number of rotatable bonds is 7. The van der Waals surface area contributed by atoms with E-state index in [4.69, 9.17) is 4.74 Å². The molecule has 0 radical (unpaired) electrons. The Bertz CT molecular complexity index is 1410. The molecular formula is C28H28F3N5O2. The Hall–Kier alpha value is -3.89. The third-order valence-electron chi connectivity index (χ3n) is 6.63. The fourth-order valence-corrected chi connectivity index (χ4v) is 4.52. The van der Waals surface area contributed by atoms with Crippen LogP contribution in [0.4, 0.5) is 18.9 Å². The average Bonchev–Trinajstić information content (AvgIpc) is 3.34. The second kappa shape index (κ2) is 10.8. The normalized spacial score (nSPS) is 15.1. The lowest BCUT2D eigenvalue weighted by Gasteiger charge is -2.33. The Labute approximate surface area is 218 Å². The lowest BCUT2D eigenvalue weighted by atomic mass is 10.0. The molecule has 38 heavy (non-hydrogen) atoms. The molecule has 2 aromatic carbocycles. The molecule has 1 amide bonds. The highest BCUT2D eigenvalue weighted by molar-refractivity contribution is 5.92. The summed E-state index contributed by atoms with van der Waals surface area (Å²) in [6.07, 6.45) is -0.818. The van der Waals surface area contributed by atoms with Gasteiger partial charge >= 0.3 is 6.18 Å². The summed E-state index contributed by atoms with van der Waals surface area (Å²) in [6.45, 7) is 2.94. The van der Waals surface area contributed by atoms with Gasteiger partial charge in [-0.15, -0.1) is 0 Å². The van der Waals surface area contributed by atoms with E-state index in [-0.39, 0.29) is 24.4 Å². The Morgan fingerprint density at radius 2 is 1.79 bits per heavy atom. The van der Waals surface area contributed by atoms with Crippen LogP contribution in [-0.4, -0.2) is 64.9 Å². The molecule has 1 aliphatic heterocycles. The minimum atomic E-state index is -4.53. The minimum Gasteiger partial charge on any atom is -0.484 e. The van der Waals surface area contributed by atoms with Crippen LogP contribution in [0.5, 0.6) is 5.75 Å². The first-order valence-corrected chi connectivity index (χ1v) is 12.3. The van der Waals surface area contributed by atoms with Gasteiger partial charge in [0.2, 0.25) is 0 Å². The summed E-state index contributed by atoms with van der Waals surface area (Å²) in [7, 11) is 2.00. The van der Waals surface area contributed by atoms with Crippen LogP contribution in [0.3, 0.4) is 0 Å². The van der Waals surface area contributed by atoms with Crippen LogP contribution < -0.4 is 10.1 Å². The van der Waals surface area contributed by atoms with Crippen molar-refractivity contribution < 1.29 is 22.7 Å². The number of pyridine rings is 1. The molecule has 198 valence electrons. The van der Waals surface area contributed by atoms with Gasteiger partial charge in [0.25, 0.3) is 5.91 Å². The summed E-state index contributed by atoms with van der Waals surface area (Å²) in [5.41, 5.74) is 2.22. The summed E-state index contributed by atoms with van der Waals surface area (Å²) < 4.78 is 48.9. The summed E-state index contributed by atoms with van der Waals surface area (Å²) in [4.78, 5) is 21.0. The van der Waals surface area contributed by atoms with Gasteiger partial charge in [0.15, 0.2) is 6.61 Å². The highest BCUT2D eigenvalue weighted by Gasteiger charge is 2.34. The molecule has 1 aliphatic rings. The zero-order valence-corrected chi connectivity index (χ0v) is 20.9. The number of halogens is 3. The van der Waals surface area contributed by atoms with E-state index in [9.17, 15) is 18.0 Å². The van der Waals surface area contributed by atoms with Crippen LogP contribution >= 0.6 is 0 Å². The number of benzene rings is 2. The van der Waals surface area contributed by atoms with Crippen molar-refractivity contribution in [3.05, 3.63) is 84.2 Å². The highest BCUT2D eigenvalue weighted by Crippen LogP contribution is 2.34. The number of carbonyl (C=O) groups excluding carboxylic acids is 1. The van der Waals surface area contributed by atoms with Crippen molar-refractivity contribution in [1.29, 1.82) is 0 Å². The van der Waals surface area contributed by atoms with Gasteiger partial charge in [0, 0.05) is 50.2 Å². The van der Waals surface area contributed by atoms with Gasteiger partial charge in [0.1, 0.15) is 11.4 Å². The van der Waals surface area contributed by atoms with Gasteiger partial charge in [-0.05, 0) is 61.1 Å². The first-order valence-electron chi connectivity index (χ1n) is 12.3. The van der Waals surface area contributed by atoms with Crippen LogP contribution in [-0.2, 0) is 17.5 Å².